The maximum Gasteiger partial charge on any atom is 1.00 e. The van der Waals surface area contributed by atoms with Crippen molar-refractivity contribution in [2.24, 2.45) is 0 Å². The second kappa shape index (κ2) is 10.6. The van der Waals surface area contributed by atoms with Crippen molar-refractivity contribution in [3.63, 3.8) is 0 Å². The summed E-state index contributed by atoms with van der Waals surface area (Å²) in [6.07, 6.45) is 0. The van der Waals surface area contributed by atoms with Crippen molar-refractivity contribution in [3.05, 3.63) is 40.9 Å². The SMILES string of the molecule is CCOC(=O)C(C(=O)OCC)=C([S-])Nc1ccccc1.[Na+]. The van der Waals surface area contributed by atoms with Gasteiger partial charge in [-0.15, -0.1) is 0 Å². The normalized spacial score (nSPS) is 9.05. The number of hydrogen-bond acceptors (Lipinski definition) is 6. The average Bonchev–Trinajstić information content (AvgIpc) is 2.40. The third kappa shape index (κ3) is 6.48. The number of para-hydroxylation sites is 1. The number of carbonyl (C=O) groups is 2. The van der Waals surface area contributed by atoms with Crippen molar-refractivity contribution in [1.29, 1.82) is 0 Å². The van der Waals surface area contributed by atoms with Crippen molar-refractivity contribution in [2.75, 3.05) is 18.5 Å². The summed E-state index contributed by atoms with van der Waals surface area (Å²) >= 11 is 5.09. The van der Waals surface area contributed by atoms with E-state index in [0.717, 1.165) is 0 Å². The summed E-state index contributed by atoms with van der Waals surface area (Å²) in [5, 5.41) is 2.79. The van der Waals surface area contributed by atoms with E-state index in [1.54, 1.807) is 38.1 Å². The van der Waals surface area contributed by atoms with E-state index < -0.39 is 11.9 Å². The van der Waals surface area contributed by atoms with E-state index in [2.05, 4.69) is 5.32 Å². The first-order valence-electron chi connectivity index (χ1n) is 6.17. The Kier molecular flexibility index (Phi) is 10.1. The molecule has 7 heteroatoms. The minimum absolute atomic E-state index is 0. The molecule has 0 fully saturated rings. The van der Waals surface area contributed by atoms with E-state index in [9.17, 15) is 9.59 Å². The molecule has 0 saturated heterocycles. The van der Waals surface area contributed by atoms with E-state index in [-0.39, 0.29) is 53.4 Å². The number of carbonyl (C=O) groups excluding carboxylic acids is 2. The molecule has 0 aliphatic carbocycles. The maximum absolute atomic E-state index is 11.8. The number of nitrogens with one attached hydrogen (secondary N) is 1. The predicted octanol–water partition coefficient (Wildman–Crippen LogP) is -1.01. The van der Waals surface area contributed by atoms with Gasteiger partial charge in [-0.2, -0.15) is 0 Å². The standard InChI is InChI=1S/C14H17NO4S.Na/c1-3-18-13(16)11(14(17)19-4-2)12(20)15-10-8-6-5-7-9-10;/h5-9,15,20H,3-4H2,1-2H3;/q;+1/p-1. The fraction of sp³-hybridized carbons (Fsp3) is 0.286. The molecule has 0 heterocycles. The van der Waals surface area contributed by atoms with Gasteiger partial charge in [-0.3, -0.25) is 0 Å². The van der Waals surface area contributed by atoms with Crippen LogP contribution in [0.3, 0.4) is 0 Å². The average molecular weight is 317 g/mol. The summed E-state index contributed by atoms with van der Waals surface area (Å²) in [6.45, 7) is 3.59. The van der Waals surface area contributed by atoms with Crippen LogP contribution in [0.15, 0.2) is 40.9 Å². The Morgan fingerprint density at radius 1 is 1.05 bits per heavy atom. The van der Waals surface area contributed by atoms with Gasteiger partial charge in [-0.1, -0.05) is 23.2 Å². The minimum atomic E-state index is -0.792. The van der Waals surface area contributed by atoms with Crippen molar-refractivity contribution < 1.29 is 48.6 Å². The molecule has 21 heavy (non-hydrogen) atoms. The maximum atomic E-state index is 11.8. The molecule has 5 nitrogen and oxygen atoms in total. The van der Waals surface area contributed by atoms with Crippen LogP contribution in [0.25, 0.3) is 0 Å². The fourth-order valence-electron chi connectivity index (χ4n) is 1.39. The summed E-state index contributed by atoms with van der Waals surface area (Å²) in [5.74, 6) is -1.58. The Bertz CT molecular complexity index is 485. The van der Waals surface area contributed by atoms with Gasteiger partial charge >= 0.3 is 41.5 Å². The summed E-state index contributed by atoms with van der Waals surface area (Å²) in [5.41, 5.74) is 0.371. The van der Waals surface area contributed by atoms with E-state index >= 15 is 0 Å². The van der Waals surface area contributed by atoms with Crippen LogP contribution in [0.2, 0.25) is 0 Å². The third-order valence-corrected chi connectivity index (χ3v) is 2.52. The Hall–Kier alpha value is -1.08. The van der Waals surface area contributed by atoms with E-state index in [1.165, 1.54) is 0 Å². The Labute approximate surface area is 151 Å². The summed E-state index contributed by atoms with van der Waals surface area (Å²) in [4.78, 5) is 23.6. The number of esters is 2. The number of anilines is 1. The molecule has 108 valence electrons. The van der Waals surface area contributed by atoms with Crippen LogP contribution in [0.4, 0.5) is 5.69 Å². The summed E-state index contributed by atoms with van der Waals surface area (Å²) < 4.78 is 9.65. The van der Waals surface area contributed by atoms with E-state index in [1.807, 2.05) is 6.07 Å². The molecule has 0 saturated carbocycles. The van der Waals surface area contributed by atoms with Gasteiger partial charge in [0.1, 0.15) is 5.57 Å². The molecule has 0 aliphatic rings. The van der Waals surface area contributed by atoms with Gasteiger partial charge in [0.25, 0.3) is 0 Å². The monoisotopic (exact) mass is 317 g/mol. The third-order valence-electron chi connectivity index (χ3n) is 2.22. The Morgan fingerprint density at radius 2 is 1.52 bits per heavy atom. The largest absolute Gasteiger partial charge is 1.00 e. The number of hydrogen-bond donors (Lipinski definition) is 1. The minimum Gasteiger partial charge on any atom is -0.761 e. The second-order valence-electron chi connectivity index (χ2n) is 3.64. The molecule has 0 atom stereocenters. The Morgan fingerprint density at radius 3 is 1.95 bits per heavy atom. The second-order valence-corrected chi connectivity index (χ2v) is 4.04. The van der Waals surface area contributed by atoms with Crippen LogP contribution in [-0.2, 0) is 31.7 Å². The molecule has 1 rings (SSSR count). The zero-order valence-electron chi connectivity index (χ0n) is 12.3. The van der Waals surface area contributed by atoms with Crippen LogP contribution in [-0.4, -0.2) is 25.2 Å². The topological polar surface area (TPSA) is 64.6 Å². The molecule has 1 N–H and O–H groups in total. The molecule has 1 aromatic rings. The van der Waals surface area contributed by atoms with Crippen LogP contribution >= 0.6 is 0 Å². The first-order valence-corrected chi connectivity index (χ1v) is 6.58. The van der Waals surface area contributed by atoms with Gasteiger partial charge < -0.3 is 27.4 Å². The van der Waals surface area contributed by atoms with Crippen molar-refractivity contribution in [1.82, 2.24) is 0 Å². The molecule has 0 radical (unpaired) electrons. The van der Waals surface area contributed by atoms with E-state index in [0.29, 0.717) is 5.69 Å². The van der Waals surface area contributed by atoms with Crippen LogP contribution < -0.4 is 34.9 Å². The zero-order chi connectivity index (χ0) is 15.0. The fourth-order valence-corrected chi connectivity index (χ4v) is 1.67. The zero-order valence-corrected chi connectivity index (χ0v) is 15.2. The Balaban J connectivity index is 0.00000400. The van der Waals surface area contributed by atoms with Gasteiger partial charge in [0, 0.05) is 5.69 Å². The van der Waals surface area contributed by atoms with Crippen LogP contribution in [0, 0.1) is 0 Å². The molecule has 0 aliphatic heterocycles. The first kappa shape index (κ1) is 19.9. The first-order chi connectivity index (χ1) is 9.60. The number of rotatable bonds is 6. The number of ether oxygens (including phenoxy) is 2. The molecule has 0 unspecified atom stereocenters. The van der Waals surface area contributed by atoms with Crippen LogP contribution in [0.5, 0.6) is 0 Å². The molecule has 1 aromatic carbocycles. The molecule has 0 amide bonds. The van der Waals surface area contributed by atoms with Gasteiger partial charge in [0.2, 0.25) is 0 Å². The predicted molar refractivity (Wildman–Crippen MR) is 77.7 cm³/mol. The smallest absolute Gasteiger partial charge is 0.761 e. The summed E-state index contributed by atoms with van der Waals surface area (Å²) in [7, 11) is 0. The molecular formula is C14H16NNaO4S. The quantitative estimate of drug-likeness (QED) is 0.181. The van der Waals surface area contributed by atoms with Gasteiger partial charge in [0.05, 0.1) is 13.2 Å². The van der Waals surface area contributed by atoms with Crippen molar-refractivity contribution in [3.8, 4) is 0 Å². The van der Waals surface area contributed by atoms with Gasteiger partial charge in [0.15, 0.2) is 0 Å². The summed E-state index contributed by atoms with van der Waals surface area (Å²) in [6, 6.07) is 8.98. The molecule has 0 aromatic heterocycles. The van der Waals surface area contributed by atoms with Gasteiger partial charge in [-0.25, -0.2) is 9.59 Å². The van der Waals surface area contributed by atoms with Crippen molar-refractivity contribution >= 4 is 30.3 Å². The van der Waals surface area contributed by atoms with Crippen molar-refractivity contribution in [2.45, 2.75) is 13.8 Å². The molecule has 0 spiro atoms. The van der Waals surface area contributed by atoms with E-state index in [4.69, 9.17) is 22.1 Å². The van der Waals surface area contributed by atoms with Gasteiger partial charge in [-0.05, 0) is 26.0 Å². The molecular weight excluding hydrogens is 301 g/mol. The molecule has 0 bridgehead atoms. The number of benzene rings is 1. The van der Waals surface area contributed by atoms with Crippen LogP contribution in [0.1, 0.15) is 13.8 Å².